The van der Waals surface area contributed by atoms with Gasteiger partial charge in [-0.15, -0.1) is 0 Å². The molecule has 3 nitrogen and oxygen atoms in total. The van der Waals surface area contributed by atoms with Gasteiger partial charge in [0.15, 0.2) is 0 Å². The van der Waals surface area contributed by atoms with Gasteiger partial charge in [-0.25, -0.2) is 0 Å². The summed E-state index contributed by atoms with van der Waals surface area (Å²) in [5.74, 6) is 1.01. The van der Waals surface area contributed by atoms with Gasteiger partial charge in [-0.05, 0) is 49.6 Å². The predicted octanol–water partition coefficient (Wildman–Crippen LogP) is 3.78. The SMILES string of the molecule is CCOc1ccc(C[C@H]2C(=O)N(CC)c3ccccc32)cc1. The van der Waals surface area contributed by atoms with Crippen molar-refractivity contribution in [2.75, 3.05) is 18.1 Å². The van der Waals surface area contributed by atoms with Gasteiger partial charge in [0.05, 0.1) is 12.5 Å². The zero-order chi connectivity index (χ0) is 15.5. The maximum Gasteiger partial charge on any atom is 0.234 e. The molecule has 0 saturated heterocycles. The number of likely N-dealkylation sites (N-methyl/N-ethyl adjacent to an activating group) is 1. The van der Waals surface area contributed by atoms with Gasteiger partial charge in [0.1, 0.15) is 5.75 Å². The molecule has 1 atom stereocenters. The molecule has 0 aliphatic carbocycles. The Morgan fingerprint density at radius 1 is 1.05 bits per heavy atom. The van der Waals surface area contributed by atoms with E-state index >= 15 is 0 Å². The fraction of sp³-hybridized carbons (Fsp3) is 0.316. The molecule has 0 fully saturated rings. The number of carbonyl (C=O) groups excluding carboxylic acids is 1. The van der Waals surface area contributed by atoms with Crippen LogP contribution in [0.4, 0.5) is 5.69 Å². The van der Waals surface area contributed by atoms with Crippen molar-refractivity contribution in [1.82, 2.24) is 0 Å². The van der Waals surface area contributed by atoms with Crippen LogP contribution in [0.1, 0.15) is 30.9 Å². The van der Waals surface area contributed by atoms with Crippen molar-refractivity contribution in [3.05, 3.63) is 59.7 Å². The second kappa shape index (κ2) is 6.22. The summed E-state index contributed by atoms with van der Waals surface area (Å²) in [4.78, 5) is 14.6. The van der Waals surface area contributed by atoms with E-state index in [9.17, 15) is 4.79 Å². The van der Waals surface area contributed by atoms with Crippen LogP contribution in [0.25, 0.3) is 0 Å². The topological polar surface area (TPSA) is 29.5 Å². The number of fused-ring (bicyclic) bond motifs is 1. The van der Waals surface area contributed by atoms with Crippen LogP contribution in [0.3, 0.4) is 0 Å². The average molecular weight is 295 g/mol. The van der Waals surface area contributed by atoms with Crippen molar-refractivity contribution in [2.45, 2.75) is 26.2 Å². The number of anilines is 1. The quantitative estimate of drug-likeness (QED) is 0.840. The van der Waals surface area contributed by atoms with Crippen LogP contribution in [0.5, 0.6) is 5.75 Å². The summed E-state index contributed by atoms with van der Waals surface area (Å²) >= 11 is 0. The zero-order valence-corrected chi connectivity index (χ0v) is 13.1. The maximum absolute atomic E-state index is 12.7. The number of amides is 1. The Labute approximate surface area is 131 Å². The summed E-state index contributed by atoms with van der Waals surface area (Å²) in [6.07, 6.45) is 0.735. The molecular formula is C19H21NO2. The van der Waals surface area contributed by atoms with Crippen molar-refractivity contribution >= 4 is 11.6 Å². The van der Waals surface area contributed by atoms with E-state index in [2.05, 4.69) is 18.2 Å². The molecule has 22 heavy (non-hydrogen) atoms. The molecule has 0 bridgehead atoms. The number of rotatable bonds is 5. The van der Waals surface area contributed by atoms with Gasteiger partial charge in [-0.3, -0.25) is 4.79 Å². The fourth-order valence-corrected chi connectivity index (χ4v) is 3.12. The van der Waals surface area contributed by atoms with E-state index < -0.39 is 0 Å². The number of nitrogens with zero attached hydrogens (tertiary/aromatic N) is 1. The van der Waals surface area contributed by atoms with Crippen LogP contribution in [0.2, 0.25) is 0 Å². The Bertz CT molecular complexity index is 663. The summed E-state index contributed by atoms with van der Waals surface area (Å²) < 4.78 is 5.47. The minimum absolute atomic E-state index is 0.0749. The fourth-order valence-electron chi connectivity index (χ4n) is 3.12. The highest BCUT2D eigenvalue weighted by molar-refractivity contribution is 6.05. The van der Waals surface area contributed by atoms with Gasteiger partial charge in [0.2, 0.25) is 5.91 Å². The molecule has 3 heteroatoms. The van der Waals surface area contributed by atoms with Crippen molar-refractivity contribution in [2.24, 2.45) is 0 Å². The van der Waals surface area contributed by atoms with E-state index in [1.807, 2.05) is 49.1 Å². The summed E-state index contributed by atoms with van der Waals surface area (Å²) in [5, 5.41) is 0. The molecule has 2 aromatic rings. The smallest absolute Gasteiger partial charge is 0.234 e. The van der Waals surface area contributed by atoms with Crippen molar-refractivity contribution < 1.29 is 9.53 Å². The average Bonchev–Trinajstić information content (AvgIpc) is 2.81. The van der Waals surface area contributed by atoms with Gasteiger partial charge in [-0.1, -0.05) is 30.3 Å². The lowest BCUT2D eigenvalue weighted by molar-refractivity contribution is -0.119. The Kier molecular flexibility index (Phi) is 4.14. The number of benzene rings is 2. The molecule has 3 rings (SSSR count). The van der Waals surface area contributed by atoms with Gasteiger partial charge >= 0.3 is 0 Å². The maximum atomic E-state index is 12.7. The van der Waals surface area contributed by atoms with Gasteiger partial charge in [-0.2, -0.15) is 0 Å². The molecule has 0 aromatic heterocycles. The second-order valence-electron chi connectivity index (χ2n) is 5.47. The zero-order valence-electron chi connectivity index (χ0n) is 13.1. The molecule has 114 valence electrons. The minimum atomic E-state index is -0.0749. The van der Waals surface area contributed by atoms with E-state index in [0.29, 0.717) is 6.61 Å². The number of para-hydroxylation sites is 1. The van der Waals surface area contributed by atoms with E-state index in [0.717, 1.165) is 35.5 Å². The summed E-state index contributed by atoms with van der Waals surface area (Å²) in [7, 11) is 0. The van der Waals surface area contributed by atoms with Gasteiger partial charge < -0.3 is 9.64 Å². The largest absolute Gasteiger partial charge is 0.494 e. The van der Waals surface area contributed by atoms with E-state index in [-0.39, 0.29) is 11.8 Å². The lowest BCUT2D eigenvalue weighted by atomic mass is 9.93. The number of ether oxygens (including phenoxy) is 1. The molecule has 2 aromatic carbocycles. The highest BCUT2D eigenvalue weighted by Crippen LogP contribution is 2.38. The number of hydrogen-bond acceptors (Lipinski definition) is 2. The van der Waals surface area contributed by atoms with Crippen LogP contribution in [0, 0.1) is 0 Å². The molecule has 1 aliphatic rings. The normalized spacial score (nSPS) is 16.7. The molecular weight excluding hydrogens is 274 g/mol. The van der Waals surface area contributed by atoms with Crippen LogP contribution in [-0.2, 0) is 11.2 Å². The van der Waals surface area contributed by atoms with Crippen LogP contribution in [0.15, 0.2) is 48.5 Å². The minimum Gasteiger partial charge on any atom is -0.494 e. The Balaban J connectivity index is 1.84. The van der Waals surface area contributed by atoms with Crippen LogP contribution in [-0.4, -0.2) is 19.1 Å². The predicted molar refractivity (Wildman–Crippen MR) is 88.5 cm³/mol. The summed E-state index contributed by atoms with van der Waals surface area (Å²) in [5.41, 5.74) is 3.36. The highest BCUT2D eigenvalue weighted by Gasteiger charge is 2.35. The number of carbonyl (C=O) groups is 1. The van der Waals surface area contributed by atoms with Crippen LogP contribution < -0.4 is 9.64 Å². The molecule has 1 aliphatic heterocycles. The molecule has 1 heterocycles. The molecule has 1 amide bonds. The summed E-state index contributed by atoms with van der Waals surface area (Å²) in [6, 6.07) is 16.2. The molecule has 0 unspecified atom stereocenters. The van der Waals surface area contributed by atoms with E-state index in [1.54, 1.807) is 0 Å². The van der Waals surface area contributed by atoms with Gasteiger partial charge in [0, 0.05) is 12.2 Å². The van der Waals surface area contributed by atoms with Crippen molar-refractivity contribution in [3.8, 4) is 5.75 Å². The first-order valence-corrected chi connectivity index (χ1v) is 7.86. The molecule has 0 saturated carbocycles. The van der Waals surface area contributed by atoms with E-state index in [1.165, 1.54) is 0 Å². The van der Waals surface area contributed by atoms with Crippen LogP contribution >= 0.6 is 0 Å². The Morgan fingerprint density at radius 2 is 1.77 bits per heavy atom. The van der Waals surface area contributed by atoms with Crippen molar-refractivity contribution in [3.63, 3.8) is 0 Å². The second-order valence-corrected chi connectivity index (χ2v) is 5.47. The lowest BCUT2D eigenvalue weighted by Crippen LogP contribution is -2.29. The lowest BCUT2D eigenvalue weighted by Gasteiger charge is -2.15. The first-order valence-electron chi connectivity index (χ1n) is 7.86. The van der Waals surface area contributed by atoms with E-state index in [4.69, 9.17) is 4.74 Å². The van der Waals surface area contributed by atoms with Crippen molar-refractivity contribution in [1.29, 1.82) is 0 Å². The third kappa shape index (κ3) is 2.59. The third-order valence-corrected chi connectivity index (χ3v) is 4.16. The first-order chi connectivity index (χ1) is 10.7. The Hall–Kier alpha value is -2.29. The standard InChI is InChI=1S/C19H21NO2/c1-3-20-18-8-6-5-7-16(18)17(19(20)21)13-14-9-11-15(12-10-14)22-4-2/h5-12,17H,3-4,13H2,1-2H3/t17-/m1/s1. The summed E-state index contributed by atoms with van der Waals surface area (Å²) in [6.45, 7) is 5.38. The van der Waals surface area contributed by atoms with Gasteiger partial charge in [0.25, 0.3) is 0 Å². The monoisotopic (exact) mass is 295 g/mol. The molecule has 0 spiro atoms. The number of hydrogen-bond donors (Lipinski definition) is 0. The molecule has 0 radical (unpaired) electrons. The molecule has 0 N–H and O–H groups in total. The Morgan fingerprint density at radius 3 is 2.45 bits per heavy atom. The first kappa shape index (κ1) is 14.6. The third-order valence-electron chi connectivity index (χ3n) is 4.16. The highest BCUT2D eigenvalue weighted by atomic mass is 16.5.